The van der Waals surface area contributed by atoms with Crippen molar-refractivity contribution in [2.24, 2.45) is 0 Å². The van der Waals surface area contributed by atoms with Crippen LogP contribution in [0.3, 0.4) is 0 Å². The monoisotopic (exact) mass is 223 g/mol. The normalized spacial score (nSPS) is 22.1. The Morgan fingerprint density at radius 3 is 2.38 bits per heavy atom. The SMILES string of the molecule is CNC(C)(C#N)CCCN1CCCCCC1. The van der Waals surface area contributed by atoms with E-state index in [1.807, 2.05) is 14.0 Å². The molecular formula is C13H25N3. The highest BCUT2D eigenvalue weighted by Crippen LogP contribution is 2.14. The summed E-state index contributed by atoms with van der Waals surface area (Å²) in [7, 11) is 1.87. The predicted molar refractivity (Wildman–Crippen MR) is 67.2 cm³/mol. The molecule has 1 rings (SSSR count). The van der Waals surface area contributed by atoms with Crippen LogP contribution in [0.4, 0.5) is 0 Å². The highest BCUT2D eigenvalue weighted by atomic mass is 15.1. The molecule has 16 heavy (non-hydrogen) atoms. The minimum absolute atomic E-state index is 0.341. The van der Waals surface area contributed by atoms with Crippen molar-refractivity contribution in [1.29, 1.82) is 5.26 Å². The lowest BCUT2D eigenvalue weighted by Crippen LogP contribution is -2.39. The molecule has 0 amide bonds. The zero-order valence-corrected chi connectivity index (χ0v) is 10.8. The first kappa shape index (κ1) is 13.5. The Balaban J connectivity index is 2.21. The standard InChI is InChI=1S/C13H25N3/c1-13(12-14,15-2)8-7-11-16-9-5-3-4-6-10-16/h15H,3-11H2,1-2H3. The predicted octanol–water partition coefficient (Wildman–Crippen LogP) is 2.14. The Labute approximate surface area is 99.8 Å². The number of nitrogens with zero attached hydrogens (tertiary/aromatic N) is 2. The Bertz CT molecular complexity index is 226. The molecule has 1 heterocycles. The van der Waals surface area contributed by atoms with E-state index in [4.69, 9.17) is 5.26 Å². The van der Waals surface area contributed by atoms with Crippen LogP contribution in [0, 0.1) is 11.3 Å². The number of nitriles is 1. The van der Waals surface area contributed by atoms with E-state index in [0.29, 0.717) is 0 Å². The molecule has 0 aliphatic carbocycles. The summed E-state index contributed by atoms with van der Waals surface area (Å²) in [6.45, 7) is 5.64. The molecular weight excluding hydrogens is 198 g/mol. The molecule has 3 heteroatoms. The van der Waals surface area contributed by atoms with Crippen LogP contribution in [0.25, 0.3) is 0 Å². The van der Waals surface area contributed by atoms with Crippen molar-refractivity contribution in [3.05, 3.63) is 0 Å². The summed E-state index contributed by atoms with van der Waals surface area (Å²) in [6.07, 6.45) is 7.54. The van der Waals surface area contributed by atoms with Crippen molar-refractivity contribution in [3.8, 4) is 6.07 Å². The second-order valence-corrected chi connectivity index (χ2v) is 5.05. The van der Waals surface area contributed by atoms with Gasteiger partial charge in [-0.05, 0) is 59.3 Å². The van der Waals surface area contributed by atoms with Crippen LogP contribution in [0.2, 0.25) is 0 Å². The second kappa shape index (κ2) is 6.88. The summed E-state index contributed by atoms with van der Waals surface area (Å²) in [4.78, 5) is 2.56. The largest absolute Gasteiger partial charge is 0.303 e. The third kappa shape index (κ3) is 4.51. The van der Waals surface area contributed by atoms with Crippen LogP contribution in [0.1, 0.15) is 45.4 Å². The molecule has 1 unspecified atom stereocenters. The number of hydrogen-bond acceptors (Lipinski definition) is 3. The quantitative estimate of drug-likeness (QED) is 0.776. The lowest BCUT2D eigenvalue weighted by molar-refractivity contribution is 0.268. The van der Waals surface area contributed by atoms with Gasteiger partial charge in [-0.25, -0.2) is 0 Å². The van der Waals surface area contributed by atoms with Crippen molar-refractivity contribution in [3.63, 3.8) is 0 Å². The molecule has 92 valence electrons. The average Bonchev–Trinajstić information content (AvgIpc) is 2.57. The van der Waals surface area contributed by atoms with E-state index >= 15 is 0 Å². The van der Waals surface area contributed by atoms with E-state index in [1.165, 1.54) is 38.8 Å². The first-order chi connectivity index (χ1) is 7.70. The maximum atomic E-state index is 9.04. The fraction of sp³-hybridized carbons (Fsp3) is 0.923. The zero-order chi connectivity index (χ0) is 11.9. The molecule has 0 radical (unpaired) electrons. The number of likely N-dealkylation sites (tertiary alicyclic amines) is 1. The summed E-state index contributed by atoms with van der Waals surface area (Å²) in [5.41, 5.74) is -0.341. The molecule has 1 atom stereocenters. The third-order valence-corrected chi connectivity index (χ3v) is 3.65. The second-order valence-electron chi connectivity index (χ2n) is 5.05. The Morgan fingerprint density at radius 2 is 1.88 bits per heavy atom. The van der Waals surface area contributed by atoms with Crippen LogP contribution in [-0.2, 0) is 0 Å². The van der Waals surface area contributed by atoms with Gasteiger partial charge in [0, 0.05) is 0 Å². The van der Waals surface area contributed by atoms with Crippen molar-refractivity contribution in [2.45, 2.75) is 51.0 Å². The van der Waals surface area contributed by atoms with Gasteiger partial charge in [-0.3, -0.25) is 0 Å². The molecule has 1 fully saturated rings. The summed E-state index contributed by atoms with van der Waals surface area (Å²) in [5, 5.41) is 12.1. The van der Waals surface area contributed by atoms with Gasteiger partial charge in [0.25, 0.3) is 0 Å². The first-order valence-corrected chi connectivity index (χ1v) is 6.53. The Kier molecular flexibility index (Phi) is 5.79. The summed E-state index contributed by atoms with van der Waals surface area (Å²) < 4.78 is 0. The van der Waals surface area contributed by atoms with Gasteiger partial charge in [0.15, 0.2) is 0 Å². The lowest BCUT2D eigenvalue weighted by Gasteiger charge is -2.24. The smallest absolute Gasteiger partial charge is 0.103 e. The Morgan fingerprint density at radius 1 is 1.25 bits per heavy atom. The van der Waals surface area contributed by atoms with Gasteiger partial charge >= 0.3 is 0 Å². The maximum Gasteiger partial charge on any atom is 0.103 e. The first-order valence-electron chi connectivity index (χ1n) is 6.53. The summed E-state index contributed by atoms with van der Waals surface area (Å²) in [6, 6.07) is 2.35. The molecule has 3 nitrogen and oxygen atoms in total. The molecule has 0 aromatic carbocycles. The van der Waals surface area contributed by atoms with Crippen LogP contribution < -0.4 is 5.32 Å². The highest BCUT2D eigenvalue weighted by molar-refractivity contribution is 5.02. The van der Waals surface area contributed by atoms with E-state index in [0.717, 1.165) is 19.4 Å². The minimum atomic E-state index is -0.341. The molecule has 1 aliphatic heterocycles. The zero-order valence-electron chi connectivity index (χ0n) is 10.8. The van der Waals surface area contributed by atoms with Gasteiger partial charge in [0.1, 0.15) is 5.54 Å². The molecule has 1 aliphatic rings. The van der Waals surface area contributed by atoms with Gasteiger partial charge in [-0.2, -0.15) is 5.26 Å². The van der Waals surface area contributed by atoms with Crippen molar-refractivity contribution in [1.82, 2.24) is 10.2 Å². The molecule has 0 aromatic heterocycles. The van der Waals surface area contributed by atoms with Crippen molar-refractivity contribution < 1.29 is 0 Å². The van der Waals surface area contributed by atoms with E-state index in [1.54, 1.807) is 0 Å². The molecule has 0 aromatic rings. The fourth-order valence-electron chi connectivity index (χ4n) is 2.25. The topological polar surface area (TPSA) is 39.1 Å². The van der Waals surface area contributed by atoms with Crippen LogP contribution in [-0.4, -0.2) is 37.1 Å². The molecule has 0 spiro atoms. The summed E-state index contributed by atoms with van der Waals surface area (Å²) in [5.74, 6) is 0. The molecule has 1 N–H and O–H groups in total. The van der Waals surface area contributed by atoms with Gasteiger partial charge in [-0.1, -0.05) is 12.8 Å². The van der Waals surface area contributed by atoms with Gasteiger partial charge in [-0.15, -0.1) is 0 Å². The van der Waals surface area contributed by atoms with Gasteiger partial charge in [0.2, 0.25) is 0 Å². The van der Waals surface area contributed by atoms with E-state index < -0.39 is 0 Å². The third-order valence-electron chi connectivity index (χ3n) is 3.65. The molecule has 0 bridgehead atoms. The fourth-order valence-corrected chi connectivity index (χ4v) is 2.25. The number of nitrogens with one attached hydrogen (secondary N) is 1. The molecule has 0 saturated carbocycles. The lowest BCUT2D eigenvalue weighted by atomic mass is 9.98. The number of rotatable bonds is 5. The van der Waals surface area contributed by atoms with E-state index in [9.17, 15) is 0 Å². The van der Waals surface area contributed by atoms with Crippen LogP contribution >= 0.6 is 0 Å². The Hall–Kier alpha value is -0.590. The van der Waals surface area contributed by atoms with Crippen LogP contribution in [0.15, 0.2) is 0 Å². The number of hydrogen-bond donors (Lipinski definition) is 1. The van der Waals surface area contributed by atoms with Crippen molar-refractivity contribution >= 4 is 0 Å². The summed E-state index contributed by atoms with van der Waals surface area (Å²) >= 11 is 0. The van der Waals surface area contributed by atoms with Gasteiger partial charge in [0.05, 0.1) is 6.07 Å². The highest BCUT2D eigenvalue weighted by Gasteiger charge is 2.20. The molecule has 1 saturated heterocycles. The van der Waals surface area contributed by atoms with E-state index in [2.05, 4.69) is 16.3 Å². The van der Waals surface area contributed by atoms with Gasteiger partial charge < -0.3 is 10.2 Å². The van der Waals surface area contributed by atoms with Crippen LogP contribution in [0.5, 0.6) is 0 Å². The van der Waals surface area contributed by atoms with Crippen molar-refractivity contribution in [2.75, 3.05) is 26.7 Å². The maximum absolute atomic E-state index is 9.04. The minimum Gasteiger partial charge on any atom is -0.303 e. The average molecular weight is 223 g/mol. The van der Waals surface area contributed by atoms with E-state index in [-0.39, 0.29) is 5.54 Å².